The van der Waals surface area contributed by atoms with Gasteiger partial charge in [0.15, 0.2) is 11.6 Å². The number of allylic oxidation sites excluding steroid dienone is 4. The number of ketones is 2. The predicted molar refractivity (Wildman–Crippen MR) is 108 cm³/mol. The van der Waals surface area contributed by atoms with E-state index in [2.05, 4.69) is 0 Å². The van der Waals surface area contributed by atoms with Crippen molar-refractivity contribution in [3.8, 4) is 0 Å². The largest absolute Gasteiger partial charge is 0.478 e. The first-order valence-corrected chi connectivity index (χ1v) is 9.77. The van der Waals surface area contributed by atoms with E-state index in [1.54, 1.807) is 24.3 Å². The minimum atomic E-state index is -0.980. The number of carboxylic acids is 1. The maximum absolute atomic E-state index is 12.9. The Labute approximate surface area is 168 Å². The molecular weight excluding hydrogens is 366 g/mol. The van der Waals surface area contributed by atoms with Gasteiger partial charge in [0, 0.05) is 47.0 Å². The van der Waals surface area contributed by atoms with Crippen LogP contribution < -0.4 is 4.90 Å². The number of hydrogen-bond donors (Lipinski definition) is 1. The zero-order chi connectivity index (χ0) is 20.1. The topological polar surface area (TPSA) is 74.7 Å². The van der Waals surface area contributed by atoms with Crippen molar-refractivity contribution in [3.63, 3.8) is 0 Å². The second kappa shape index (κ2) is 6.55. The number of carbonyl (C=O) groups excluding carboxylic acids is 2. The highest BCUT2D eigenvalue weighted by Gasteiger charge is 2.45. The number of nitrogens with zero attached hydrogens (tertiary/aromatic N) is 1. The highest BCUT2D eigenvalue weighted by atomic mass is 16.4. The summed E-state index contributed by atoms with van der Waals surface area (Å²) in [5.41, 5.74) is 5.30. The highest BCUT2D eigenvalue weighted by Crippen LogP contribution is 2.51. The Morgan fingerprint density at radius 3 is 1.86 bits per heavy atom. The van der Waals surface area contributed by atoms with E-state index >= 15 is 0 Å². The van der Waals surface area contributed by atoms with Crippen LogP contribution in [0.25, 0.3) is 0 Å². The molecule has 5 nitrogen and oxygen atoms in total. The van der Waals surface area contributed by atoms with Crippen LogP contribution in [0.1, 0.15) is 47.5 Å². The Hall–Kier alpha value is -3.47. The number of carbonyl (C=O) groups is 3. The van der Waals surface area contributed by atoms with Gasteiger partial charge in [-0.1, -0.05) is 30.3 Å². The van der Waals surface area contributed by atoms with Gasteiger partial charge in [0.1, 0.15) is 0 Å². The number of benzene rings is 2. The lowest BCUT2D eigenvalue weighted by atomic mass is 9.79. The van der Waals surface area contributed by atoms with Crippen molar-refractivity contribution in [2.75, 3.05) is 4.90 Å². The first-order chi connectivity index (χ1) is 14.1. The van der Waals surface area contributed by atoms with Gasteiger partial charge in [-0.3, -0.25) is 9.59 Å². The van der Waals surface area contributed by atoms with Crippen molar-refractivity contribution < 1.29 is 19.5 Å². The molecule has 2 aliphatic carbocycles. The molecule has 0 saturated carbocycles. The Balaban J connectivity index is 1.71. The zero-order valence-electron chi connectivity index (χ0n) is 15.7. The van der Waals surface area contributed by atoms with Crippen LogP contribution in [0.4, 0.5) is 5.69 Å². The number of aromatic carboxylic acids is 1. The van der Waals surface area contributed by atoms with E-state index in [1.807, 2.05) is 35.2 Å². The molecule has 0 amide bonds. The standard InChI is InChI=1S/C24H19NO4/c26-19-12-10-17-22(19)21(14-4-2-1-3-5-14)23-18(11-13-20(23)27)25(17)16-8-6-15(7-9-16)24(28)29/h1-9,21H,10-13H2,(H,28,29). The highest BCUT2D eigenvalue weighted by molar-refractivity contribution is 6.09. The number of carboxylic acid groups (broad SMARTS) is 1. The molecule has 0 aromatic heterocycles. The van der Waals surface area contributed by atoms with Gasteiger partial charge in [-0.05, 0) is 42.7 Å². The molecule has 2 aromatic carbocycles. The Morgan fingerprint density at radius 1 is 0.793 bits per heavy atom. The molecular formula is C24H19NO4. The molecule has 29 heavy (non-hydrogen) atoms. The maximum Gasteiger partial charge on any atom is 0.335 e. The molecule has 0 bridgehead atoms. The number of Topliss-reactive ketones (excluding diaryl/α,β-unsaturated/α-hetero) is 2. The van der Waals surface area contributed by atoms with E-state index < -0.39 is 5.97 Å². The van der Waals surface area contributed by atoms with Crippen molar-refractivity contribution in [1.82, 2.24) is 0 Å². The summed E-state index contributed by atoms with van der Waals surface area (Å²) in [5, 5.41) is 9.20. The average molecular weight is 385 g/mol. The van der Waals surface area contributed by atoms with Crippen molar-refractivity contribution in [2.45, 2.75) is 31.6 Å². The van der Waals surface area contributed by atoms with Crippen LogP contribution in [0.2, 0.25) is 0 Å². The van der Waals surface area contributed by atoms with Crippen LogP contribution in [0, 0.1) is 0 Å². The van der Waals surface area contributed by atoms with Crippen molar-refractivity contribution >= 4 is 23.2 Å². The molecule has 0 unspecified atom stereocenters. The van der Waals surface area contributed by atoms with Gasteiger partial charge in [0.25, 0.3) is 0 Å². The Morgan fingerprint density at radius 2 is 1.34 bits per heavy atom. The van der Waals surface area contributed by atoms with Crippen LogP contribution in [-0.4, -0.2) is 22.6 Å². The smallest absolute Gasteiger partial charge is 0.335 e. The molecule has 3 aliphatic rings. The van der Waals surface area contributed by atoms with Gasteiger partial charge in [0.2, 0.25) is 0 Å². The number of hydrogen-bond acceptors (Lipinski definition) is 4. The normalized spacial score (nSPS) is 19.1. The molecule has 1 N–H and O–H groups in total. The van der Waals surface area contributed by atoms with E-state index in [1.165, 1.54) is 0 Å². The lowest BCUT2D eigenvalue weighted by molar-refractivity contribution is -0.115. The summed E-state index contributed by atoms with van der Waals surface area (Å²) in [7, 11) is 0. The van der Waals surface area contributed by atoms with Crippen LogP contribution in [0.5, 0.6) is 0 Å². The molecule has 0 fully saturated rings. The van der Waals surface area contributed by atoms with Gasteiger partial charge in [0.05, 0.1) is 5.56 Å². The maximum atomic E-state index is 12.9. The van der Waals surface area contributed by atoms with Gasteiger partial charge in [-0.2, -0.15) is 0 Å². The van der Waals surface area contributed by atoms with Crippen LogP contribution in [0.15, 0.2) is 77.1 Å². The van der Waals surface area contributed by atoms with Crippen LogP contribution in [0.3, 0.4) is 0 Å². The van der Waals surface area contributed by atoms with Gasteiger partial charge >= 0.3 is 5.97 Å². The fraction of sp³-hybridized carbons (Fsp3) is 0.208. The molecule has 5 rings (SSSR count). The Kier molecular flexibility index (Phi) is 3.98. The monoisotopic (exact) mass is 385 g/mol. The lowest BCUT2D eigenvalue weighted by Crippen LogP contribution is -2.30. The van der Waals surface area contributed by atoms with E-state index in [0.717, 1.165) is 22.6 Å². The molecule has 5 heteroatoms. The van der Waals surface area contributed by atoms with Gasteiger partial charge in [-0.25, -0.2) is 4.79 Å². The van der Waals surface area contributed by atoms with Crippen LogP contribution >= 0.6 is 0 Å². The van der Waals surface area contributed by atoms with E-state index in [4.69, 9.17) is 0 Å². The minimum absolute atomic E-state index is 0.0901. The van der Waals surface area contributed by atoms with E-state index in [-0.39, 0.29) is 23.0 Å². The van der Waals surface area contributed by atoms with Crippen molar-refractivity contribution in [2.24, 2.45) is 0 Å². The van der Waals surface area contributed by atoms with Crippen molar-refractivity contribution in [3.05, 3.63) is 88.3 Å². The SMILES string of the molecule is O=C1CCC2=C1C(c1ccccc1)C1=C(CCC1=O)N2c1ccc(C(=O)O)cc1. The fourth-order valence-corrected chi connectivity index (χ4v) is 4.79. The quantitative estimate of drug-likeness (QED) is 0.856. The second-order valence-electron chi connectivity index (χ2n) is 7.60. The first-order valence-electron chi connectivity index (χ1n) is 9.77. The summed E-state index contributed by atoms with van der Waals surface area (Å²) in [4.78, 5) is 39.1. The summed E-state index contributed by atoms with van der Waals surface area (Å²) in [6.45, 7) is 0. The second-order valence-corrected chi connectivity index (χ2v) is 7.60. The fourth-order valence-electron chi connectivity index (χ4n) is 4.79. The third-order valence-corrected chi connectivity index (χ3v) is 6.02. The molecule has 1 aliphatic heterocycles. The summed E-state index contributed by atoms with van der Waals surface area (Å²) >= 11 is 0. The van der Waals surface area contributed by atoms with Gasteiger partial charge in [-0.15, -0.1) is 0 Å². The molecule has 1 heterocycles. The Bertz CT molecular complexity index is 1070. The third kappa shape index (κ3) is 2.65. The summed E-state index contributed by atoms with van der Waals surface area (Å²) < 4.78 is 0. The molecule has 0 saturated heterocycles. The number of rotatable bonds is 3. The summed E-state index contributed by atoms with van der Waals surface area (Å²) in [5.74, 6) is -1.11. The summed E-state index contributed by atoms with van der Waals surface area (Å²) in [6, 6.07) is 16.4. The first kappa shape index (κ1) is 17.6. The molecule has 0 atom stereocenters. The molecule has 0 radical (unpaired) electrons. The molecule has 144 valence electrons. The number of anilines is 1. The van der Waals surface area contributed by atoms with E-state index in [0.29, 0.717) is 36.8 Å². The molecule has 0 spiro atoms. The zero-order valence-corrected chi connectivity index (χ0v) is 15.7. The van der Waals surface area contributed by atoms with Crippen molar-refractivity contribution in [1.29, 1.82) is 0 Å². The van der Waals surface area contributed by atoms with Crippen LogP contribution in [-0.2, 0) is 9.59 Å². The predicted octanol–water partition coefficient (Wildman–Crippen LogP) is 4.22. The molecule has 2 aromatic rings. The average Bonchev–Trinajstić information content (AvgIpc) is 3.31. The summed E-state index contributed by atoms with van der Waals surface area (Å²) in [6.07, 6.45) is 2.13. The van der Waals surface area contributed by atoms with E-state index in [9.17, 15) is 19.5 Å². The van der Waals surface area contributed by atoms with Gasteiger partial charge < -0.3 is 10.0 Å². The lowest BCUT2D eigenvalue weighted by Gasteiger charge is -2.36. The third-order valence-electron chi connectivity index (χ3n) is 6.02. The minimum Gasteiger partial charge on any atom is -0.478 e.